The predicted molar refractivity (Wildman–Crippen MR) is 102 cm³/mol. The van der Waals surface area contributed by atoms with Crippen molar-refractivity contribution in [1.29, 1.82) is 0 Å². The van der Waals surface area contributed by atoms with Crippen LogP contribution < -0.4 is 5.32 Å². The van der Waals surface area contributed by atoms with Gasteiger partial charge in [0.15, 0.2) is 5.65 Å². The Labute approximate surface area is 165 Å². The number of halogens is 3. The van der Waals surface area contributed by atoms with Gasteiger partial charge in [-0.2, -0.15) is 17.5 Å². The van der Waals surface area contributed by atoms with Crippen LogP contribution >= 0.6 is 0 Å². The maximum atomic E-state index is 12.5. The molecule has 2 atom stereocenters. The molecule has 0 spiro atoms. The number of alkyl halides is 3. The predicted octanol–water partition coefficient (Wildman–Crippen LogP) is 2.62. The number of H-pyrrole nitrogens is 1. The van der Waals surface area contributed by atoms with Crippen molar-refractivity contribution in [3.05, 3.63) is 24.7 Å². The molecule has 4 rings (SSSR count). The van der Waals surface area contributed by atoms with Gasteiger partial charge in [0.2, 0.25) is 16.0 Å². The van der Waals surface area contributed by atoms with Crippen LogP contribution in [0.5, 0.6) is 0 Å². The Hall–Kier alpha value is -2.34. The molecule has 158 valence electrons. The van der Waals surface area contributed by atoms with Crippen LogP contribution in [0, 0.1) is 5.92 Å². The maximum Gasteiger partial charge on any atom is 0.390 e. The molecule has 1 aliphatic rings. The number of hydrogen-bond acceptors (Lipinski definition) is 5. The van der Waals surface area contributed by atoms with Gasteiger partial charge in [-0.1, -0.05) is 6.92 Å². The molecule has 3 aromatic heterocycles. The van der Waals surface area contributed by atoms with E-state index < -0.39 is 28.4 Å². The van der Waals surface area contributed by atoms with Gasteiger partial charge in [0.25, 0.3) is 0 Å². The van der Waals surface area contributed by atoms with E-state index in [1.165, 1.54) is 0 Å². The van der Waals surface area contributed by atoms with Crippen molar-refractivity contribution in [2.24, 2.45) is 5.92 Å². The number of rotatable bonds is 5. The standard InChI is InChI=1S/C17H21F3N6O2S/c1-11-3-6-25(29(27,28)7-4-17(18,19)20)10-13(11)24-16-23-9-12-8-22-15-14(26(12)16)2-5-21-15/h2,5,8-9,11,13,21H,3-4,6-7,10H2,1H3,(H,23,24)/t11-,13+/m1/s1. The van der Waals surface area contributed by atoms with Gasteiger partial charge in [-0.25, -0.2) is 18.4 Å². The van der Waals surface area contributed by atoms with E-state index in [1.54, 1.807) is 18.6 Å². The third-order valence-corrected chi connectivity index (χ3v) is 7.17. The van der Waals surface area contributed by atoms with Crippen molar-refractivity contribution < 1.29 is 21.6 Å². The van der Waals surface area contributed by atoms with Crippen LogP contribution in [0.15, 0.2) is 24.7 Å². The van der Waals surface area contributed by atoms with E-state index >= 15 is 0 Å². The molecule has 3 aromatic rings. The average Bonchev–Trinajstić information content (AvgIpc) is 3.27. The number of imidazole rings is 1. The first-order valence-electron chi connectivity index (χ1n) is 9.25. The Balaban J connectivity index is 1.56. The summed E-state index contributed by atoms with van der Waals surface area (Å²) in [6.07, 6.45) is -0.198. The summed E-state index contributed by atoms with van der Waals surface area (Å²) in [5.74, 6) is -0.266. The summed E-state index contributed by atoms with van der Waals surface area (Å²) in [6.45, 7) is 2.30. The van der Waals surface area contributed by atoms with E-state index in [9.17, 15) is 21.6 Å². The number of anilines is 1. The Morgan fingerprint density at radius 3 is 2.83 bits per heavy atom. The van der Waals surface area contributed by atoms with Gasteiger partial charge in [-0.05, 0) is 18.4 Å². The zero-order valence-corrected chi connectivity index (χ0v) is 16.5. The number of nitrogens with one attached hydrogen (secondary N) is 2. The molecule has 1 saturated heterocycles. The number of aromatic nitrogens is 4. The molecule has 0 bridgehead atoms. The summed E-state index contributed by atoms with van der Waals surface area (Å²) < 4.78 is 65.3. The first kappa shape index (κ1) is 20.0. The number of nitrogens with zero attached hydrogens (tertiary/aromatic N) is 4. The first-order chi connectivity index (χ1) is 13.6. The van der Waals surface area contributed by atoms with Gasteiger partial charge in [0.1, 0.15) is 0 Å². The fraction of sp³-hybridized carbons (Fsp3) is 0.529. The van der Waals surface area contributed by atoms with E-state index in [1.807, 2.05) is 17.4 Å². The van der Waals surface area contributed by atoms with Crippen LogP contribution in [0.3, 0.4) is 0 Å². The van der Waals surface area contributed by atoms with Crippen molar-refractivity contribution in [2.75, 3.05) is 24.2 Å². The highest BCUT2D eigenvalue weighted by Gasteiger charge is 2.36. The molecule has 4 heterocycles. The molecule has 1 aliphatic heterocycles. The molecule has 0 amide bonds. The van der Waals surface area contributed by atoms with Crippen molar-refractivity contribution in [3.8, 4) is 0 Å². The minimum Gasteiger partial charge on any atom is -0.351 e. The molecule has 2 N–H and O–H groups in total. The van der Waals surface area contributed by atoms with Crippen LogP contribution in [-0.2, 0) is 10.0 Å². The lowest BCUT2D eigenvalue weighted by atomic mass is 9.95. The van der Waals surface area contributed by atoms with Crippen LogP contribution in [0.25, 0.3) is 16.7 Å². The lowest BCUT2D eigenvalue weighted by Gasteiger charge is -2.36. The molecule has 1 fully saturated rings. The smallest absolute Gasteiger partial charge is 0.351 e. The SMILES string of the molecule is C[C@@H]1CCN(S(=O)(=O)CCC(F)(F)F)C[C@@H]1Nc1ncc2cnc3[nH]ccc3n12. The van der Waals surface area contributed by atoms with E-state index in [0.29, 0.717) is 18.0 Å². The molecule has 0 aliphatic carbocycles. The largest absolute Gasteiger partial charge is 0.390 e. The Morgan fingerprint density at radius 2 is 2.07 bits per heavy atom. The first-order valence-corrected chi connectivity index (χ1v) is 10.9. The van der Waals surface area contributed by atoms with Crippen molar-refractivity contribution >= 4 is 32.7 Å². The van der Waals surface area contributed by atoms with Crippen molar-refractivity contribution in [3.63, 3.8) is 0 Å². The molecule has 0 aromatic carbocycles. The van der Waals surface area contributed by atoms with Gasteiger partial charge in [0.05, 0.1) is 35.6 Å². The highest BCUT2D eigenvalue weighted by atomic mass is 32.2. The Morgan fingerprint density at radius 1 is 1.31 bits per heavy atom. The number of sulfonamides is 1. The fourth-order valence-corrected chi connectivity index (χ4v) is 5.12. The quantitative estimate of drug-likeness (QED) is 0.649. The van der Waals surface area contributed by atoms with Crippen LogP contribution in [0.4, 0.5) is 19.1 Å². The molecule has 0 saturated carbocycles. The summed E-state index contributed by atoms with van der Waals surface area (Å²) in [5, 5.41) is 3.29. The summed E-state index contributed by atoms with van der Waals surface area (Å²) >= 11 is 0. The van der Waals surface area contributed by atoms with Gasteiger partial charge in [0, 0.05) is 25.3 Å². The highest BCUT2D eigenvalue weighted by molar-refractivity contribution is 7.89. The second-order valence-corrected chi connectivity index (χ2v) is 9.46. The molecule has 0 radical (unpaired) electrons. The summed E-state index contributed by atoms with van der Waals surface area (Å²) in [4.78, 5) is 11.7. The van der Waals surface area contributed by atoms with Crippen molar-refractivity contribution in [2.45, 2.75) is 32.0 Å². The molecule has 12 heteroatoms. The highest BCUT2D eigenvalue weighted by Crippen LogP contribution is 2.27. The summed E-state index contributed by atoms with van der Waals surface area (Å²) in [5.41, 5.74) is 2.28. The molecule has 0 unspecified atom stereocenters. The van der Waals surface area contributed by atoms with Crippen LogP contribution in [0.2, 0.25) is 0 Å². The lowest BCUT2D eigenvalue weighted by Crippen LogP contribution is -2.50. The second kappa shape index (κ2) is 7.17. The topological polar surface area (TPSA) is 95.4 Å². The summed E-state index contributed by atoms with van der Waals surface area (Å²) in [7, 11) is -3.99. The third kappa shape index (κ3) is 4.04. The number of piperidine rings is 1. The molecular formula is C17H21F3N6O2S. The van der Waals surface area contributed by atoms with Crippen molar-refractivity contribution in [1.82, 2.24) is 23.7 Å². The van der Waals surface area contributed by atoms with Gasteiger partial charge < -0.3 is 10.3 Å². The minimum atomic E-state index is -4.50. The minimum absolute atomic E-state index is 0.0949. The van der Waals surface area contributed by atoms with E-state index in [4.69, 9.17) is 0 Å². The zero-order valence-electron chi connectivity index (χ0n) is 15.6. The number of hydrogen-bond donors (Lipinski definition) is 2. The van der Waals surface area contributed by atoms with Gasteiger partial charge in [-0.3, -0.25) is 4.40 Å². The second-order valence-electron chi connectivity index (χ2n) is 7.37. The Kier molecular flexibility index (Phi) is 4.93. The number of fused-ring (bicyclic) bond motifs is 3. The summed E-state index contributed by atoms with van der Waals surface area (Å²) in [6, 6.07) is 1.58. The lowest BCUT2D eigenvalue weighted by molar-refractivity contribution is -0.130. The molecule has 8 nitrogen and oxygen atoms in total. The average molecular weight is 430 g/mol. The Bertz CT molecular complexity index is 1120. The normalized spacial score (nSPS) is 21.8. The van der Waals surface area contributed by atoms with E-state index in [2.05, 4.69) is 20.3 Å². The van der Waals surface area contributed by atoms with Crippen LogP contribution in [0.1, 0.15) is 19.8 Å². The fourth-order valence-electron chi connectivity index (χ4n) is 3.60. The van der Waals surface area contributed by atoms with Gasteiger partial charge in [-0.15, -0.1) is 0 Å². The van der Waals surface area contributed by atoms with E-state index in [0.717, 1.165) is 15.3 Å². The molecular weight excluding hydrogens is 409 g/mol. The van der Waals surface area contributed by atoms with E-state index in [-0.39, 0.29) is 25.0 Å². The van der Waals surface area contributed by atoms with Gasteiger partial charge >= 0.3 is 6.18 Å². The van der Waals surface area contributed by atoms with Crippen LogP contribution in [-0.4, -0.2) is 63.1 Å². The molecule has 29 heavy (non-hydrogen) atoms. The maximum absolute atomic E-state index is 12.5. The number of aromatic amines is 1. The monoisotopic (exact) mass is 430 g/mol. The third-order valence-electron chi connectivity index (χ3n) is 5.33. The zero-order chi connectivity index (χ0) is 20.8.